The number of hydrogen-bond donors (Lipinski definition) is 1. The molecule has 6 nitrogen and oxygen atoms in total. The Morgan fingerprint density at radius 2 is 1.76 bits per heavy atom. The minimum Gasteiger partial charge on any atom is -0.450 e. The largest absolute Gasteiger partial charge is 0.500 e. The predicted octanol–water partition coefficient (Wildman–Crippen LogP) is 1.52. The van der Waals surface area contributed by atoms with Crippen molar-refractivity contribution < 1.29 is 22.8 Å². The molecular formula is C10H23NO5Si. The molecule has 1 amide bonds. The minimum absolute atomic E-state index is 0.321. The molecule has 102 valence electrons. The van der Waals surface area contributed by atoms with Crippen LogP contribution in [0.4, 0.5) is 4.79 Å². The molecule has 0 aliphatic heterocycles. The molecule has 0 aliphatic carbocycles. The molecule has 0 aromatic carbocycles. The van der Waals surface area contributed by atoms with E-state index < -0.39 is 14.9 Å². The van der Waals surface area contributed by atoms with Gasteiger partial charge in [-0.25, -0.2) is 4.79 Å². The van der Waals surface area contributed by atoms with Crippen molar-refractivity contribution in [3.8, 4) is 0 Å². The fraction of sp³-hybridized carbons (Fsp3) is 0.900. The third kappa shape index (κ3) is 7.32. The third-order valence-electron chi connectivity index (χ3n) is 2.16. The second-order valence-electron chi connectivity index (χ2n) is 3.38. The Kier molecular flexibility index (Phi) is 9.05. The van der Waals surface area contributed by atoms with Gasteiger partial charge in [0.2, 0.25) is 0 Å². The maximum atomic E-state index is 10.4. The lowest BCUT2D eigenvalue weighted by molar-refractivity contribution is 0.0853. The molecule has 0 fully saturated rings. The van der Waals surface area contributed by atoms with Gasteiger partial charge >= 0.3 is 14.9 Å². The first-order chi connectivity index (χ1) is 8.10. The first kappa shape index (κ1) is 16.4. The van der Waals surface area contributed by atoms with Crippen LogP contribution in [0.1, 0.15) is 26.7 Å². The van der Waals surface area contributed by atoms with E-state index in [-0.39, 0.29) is 0 Å². The average molecular weight is 265 g/mol. The van der Waals surface area contributed by atoms with Gasteiger partial charge in [-0.3, -0.25) is 0 Å². The second-order valence-corrected chi connectivity index (χ2v) is 6.23. The molecule has 0 radical (unpaired) electrons. The van der Waals surface area contributed by atoms with E-state index in [4.69, 9.17) is 19.0 Å². The summed E-state index contributed by atoms with van der Waals surface area (Å²) in [6.07, 6.45) is 0.795. The lowest BCUT2D eigenvalue weighted by Gasteiger charge is -2.27. The molecule has 0 saturated carbocycles. The molecule has 0 spiro atoms. The van der Waals surface area contributed by atoms with Crippen LogP contribution in [0.2, 0.25) is 6.04 Å². The monoisotopic (exact) mass is 265 g/mol. The Labute approximate surface area is 104 Å². The minimum atomic E-state index is -2.52. The summed E-state index contributed by atoms with van der Waals surface area (Å²) >= 11 is 0. The molecule has 0 bridgehead atoms. The first-order valence-electron chi connectivity index (χ1n) is 5.85. The number of amides is 1. The van der Waals surface area contributed by atoms with Crippen molar-refractivity contribution in [3.05, 3.63) is 0 Å². The Balaban J connectivity index is 3.93. The average Bonchev–Trinajstić information content (AvgIpc) is 2.28. The van der Waals surface area contributed by atoms with Gasteiger partial charge in [-0.15, -0.1) is 0 Å². The van der Waals surface area contributed by atoms with Gasteiger partial charge in [0.25, 0.3) is 0 Å². The quantitative estimate of drug-likeness (QED) is 0.478. The van der Waals surface area contributed by atoms with E-state index in [9.17, 15) is 4.79 Å². The van der Waals surface area contributed by atoms with E-state index in [1.54, 1.807) is 7.11 Å². The van der Waals surface area contributed by atoms with Crippen LogP contribution in [0.15, 0.2) is 0 Å². The molecule has 7 heteroatoms. The van der Waals surface area contributed by atoms with Crippen LogP contribution in [0.25, 0.3) is 0 Å². The Morgan fingerprint density at radius 1 is 1.18 bits per heavy atom. The van der Waals surface area contributed by atoms with E-state index in [0.717, 1.165) is 12.8 Å². The van der Waals surface area contributed by atoms with E-state index >= 15 is 0 Å². The van der Waals surface area contributed by atoms with Gasteiger partial charge in [-0.2, -0.15) is 0 Å². The maximum Gasteiger partial charge on any atom is 0.500 e. The fourth-order valence-corrected chi connectivity index (χ4v) is 3.84. The van der Waals surface area contributed by atoms with Crippen molar-refractivity contribution in [1.29, 1.82) is 0 Å². The van der Waals surface area contributed by atoms with Gasteiger partial charge in [-0.05, 0) is 26.7 Å². The van der Waals surface area contributed by atoms with Gasteiger partial charge in [0.15, 0.2) is 0 Å². The third-order valence-corrected chi connectivity index (χ3v) is 5.21. The SMILES string of the molecule is CCO[Si](CCCCOC(N)=O)(OC)OCC. The molecule has 0 rings (SSSR count). The van der Waals surface area contributed by atoms with Crippen molar-refractivity contribution >= 4 is 14.9 Å². The Morgan fingerprint density at radius 3 is 2.18 bits per heavy atom. The molecule has 0 heterocycles. The second kappa shape index (κ2) is 9.40. The van der Waals surface area contributed by atoms with Gasteiger partial charge in [0, 0.05) is 26.4 Å². The lowest BCUT2D eigenvalue weighted by atomic mass is 10.4. The summed E-state index contributed by atoms with van der Waals surface area (Å²) in [7, 11) is -0.910. The summed E-state index contributed by atoms with van der Waals surface area (Å²) < 4.78 is 21.3. The van der Waals surface area contributed by atoms with Gasteiger partial charge < -0.3 is 23.7 Å². The van der Waals surface area contributed by atoms with Crippen LogP contribution in [0.5, 0.6) is 0 Å². The van der Waals surface area contributed by atoms with Crippen LogP contribution in [0.3, 0.4) is 0 Å². The predicted molar refractivity (Wildman–Crippen MR) is 65.6 cm³/mol. The summed E-state index contributed by atoms with van der Waals surface area (Å²) in [6.45, 7) is 5.28. The van der Waals surface area contributed by atoms with Gasteiger partial charge in [0.1, 0.15) is 0 Å². The number of rotatable bonds is 10. The van der Waals surface area contributed by atoms with Crippen molar-refractivity contribution in [1.82, 2.24) is 0 Å². The lowest BCUT2D eigenvalue weighted by Crippen LogP contribution is -2.44. The maximum absolute atomic E-state index is 10.4. The first-order valence-corrected chi connectivity index (χ1v) is 7.78. The molecule has 0 aromatic heterocycles. The smallest absolute Gasteiger partial charge is 0.450 e. The fourth-order valence-electron chi connectivity index (χ4n) is 1.46. The van der Waals surface area contributed by atoms with Crippen molar-refractivity contribution in [2.24, 2.45) is 5.73 Å². The zero-order valence-corrected chi connectivity index (χ0v) is 11.9. The number of nitrogens with two attached hydrogens (primary N) is 1. The van der Waals surface area contributed by atoms with Crippen LogP contribution < -0.4 is 5.73 Å². The highest BCUT2D eigenvalue weighted by Crippen LogP contribution is 2.18. The highest BCUT2D eigenvalue weighted by atomic mass is 28.4. The molecule has 0 aromatic rings. The Bertz CT molecular complexity index is 209. The van der Waals surface area contributed by atoms with E-state index in [1.807, 2.05) is 13.8 Å². The summed E-state index contributed by atoms with van der Waals surface area (Å²) in [4.78, 5) is 10.4. The topological polar surface area (TPSA) is 80.0 Å². The number of hydrogen-bond acceptors (Lipinski definition) is 5. The highest BCUT2D eigenvalue weighted by Gasteiger charge is 2.38. The number of unbranched alkanes of at least 4 members (excludes halogenated alkanes) is 1. The summed E-state index contributed by atoms with van der Waals surface area (Å²) in [6, 6.07) is 0.716. The van der Waals surface area contributed by atoms with Crippen LogP contribution >= 0.6 is 0 Å². The van der Waals surface area contributed by atoms with Crippen LogP contribution in [0, 0.1) is 0 Å². The normalized spacial score (nSPS) is 11.5. The number of primary amides is 1. The highest BCUT2D eigenvalue weighted by molar-refractivity contribution is 6.60. The molecule has 0 atom stereocenters. The summed E-state index contributed by atoms with van der Waals surface area (Å²) in [5, 5.41) is 0. The number of ether oxygens (including phenoxy) is 1. The van der Waals surface area contributed by atoms with Crippen LogP contribution in [-0.4, -0.2) is 41.8 Å². The van der Waals surface area contributed by atoms with Crippen LogP contribution in [-0.2, 0) is 18.0 Å². The van der Waals surface area contributed by atoms with Crippen molar-refractivity contribution in [3.63, 3.8) is 0 Å². The molecular weight excluding hydrogens is 242 g/mol. The number of carbonyl (C=O) groups excluding carboxylic acids is 1. The zero-order chi connectivity index (χ0) is 13.1. The molecule has 0 saturated heterocycles. The standard InChI is InChI=1S/C10H23NO5Si/c1-4-15-17(13-3,16-5-2)9-7-6-8-14-10(11)12/h4-9H2,1-3H3,(H2,11,12). The summed E-state index contributed by atoms with van der Waals surface area (Å²) in [5.74, 6) is 0. The molecule has 0 aliphatic rings. The molecule has 2 N–H and O–H groups in total. The van der Waals surface area contributed by atoms with Gasteiger partial charge in [-0.1, -0.05) is 0 Å². The molecule has 17 heavy (non-hydrogen) atoms. The zero-order valence-electron chi connectivity index (χ0n) is 10.9. The van der Waals surface area contributed by atoms with E-state index in [2.05, 4.69) is 4.74 Å². The van der Waals surface area contributed by atoms with E-state index in [0.29, 0.717) is 25.9 Å². The Hall–Kier alpha value is -0.633. The number of carbonyl (C=O) groups is 1. The molecule has 0 unspecified atom stereocenters. The van der Waals surface area contributed by atoms with Gasteiger partial charge in [0.05, 0.1) is 6.61 Å². The van der Waals surface area contributed by atoms with Crippen molar-refractivity contribution in [2.45, 2.75) is 32.7 Å². The summed E-state index contributed by atoms with van der Waals surface area (Å²) in [5.41, 5.74) is 4.86. The van der Waals surface area contributed by atoms with Crippen molar-refractivity contribution in [2.75, 3.05) is 26.9 Å². The van der Waals surface area contributed by atoms with E-state index in [1.165, 1.54) is 0 Å².